The number of nitrogens with one attached hydrogen (secondary N) is 1. The second-order valence-electron chi connectivity index (χ2n) is 6.86. The van der Waals surface area contributed by atoms with Gasteiger partial charge < -0.3 is 14.0 Å². The summed E-state index contributed by atoms with van der Waals surface area (Å²) in [5, 5.41) is 0. The molecule has 0 aliphatic carbocycles. The zero-order valence-electron chi connectivity index (χ0n) is 14.5. The van der Waals surface area contributed by atoms with Crippen molar-refractivity contribution in [2.75, 3.05) is 13.2 Å². The molecule has 2 unspecified atom stereocenters. The van der Waals surface area contributed by atoms with Crippen LogP contribution in [-0.2, 0) is 16.1 Å². The predicted octanol–water partition coefficient (Wildman–Crippen LogP) is 3.66. The Morgan fingerprint density at radius 2 is 2.29 bits per heavy atom. The molecule has 24 heavy (non-hydrogen) atoms. The van der Waals surface area contributed by atoms with Crippen molar-refractivity contribution in [1.29, 1.82) is 0 Å². The normalized spacial score (nSPS) is 20.6. The van der Waals surface area contributed by atoms with E-state index in [1.54, 1.807) is 12.1 Å². The van der Waals surface area contributed by atoms with Gasteiger partial charge in [-0.2, -0.15) is 0 Å². The lowest BCUT2D eigenvalue weighted by atomic mass is 10.0. The Hall–Kier alpha value is -1.08. The molecule has 1 aliphatic rings. The second-order valence-corrected chi connectivity index (χ2v) is 8.86. The molecule has 1 N–H and O–H groups in total. The Kier molecular flexibility index (Phi) is 6.69. The quantitative estimate of drug-likeness (QED) is 0.599. The van der Waals surface area contributed by atoms with Crippen molar-refractivity contribution in [3.8, 4) is 5.75 Å². The minimum atomic E-state index is -1.29. The smallest absolute Gasteiger partial charge is 0.136 e. The van der Waals surface area contributed by atoms with E-state index in [9.17, 15) is 8.94 Å². The van der Waals surface area contributed by atoms with Crippen molar-refractivity contribution in [2.45, 2.75) is 50.5 Å². The van der Waals surface area contributed by atoms with Crippen molar-refractivity contribution in [2.24, 2.45) is 0 Å². The summed E-state index contributed by atoms with van der Waals surface area (Å²) in [6.07, 6.45) is 3.02. The van der Waals surface area contributed by atoms with Gasteiger partial charge in [0.2, 0.25) is 0 Å². The van der Waals surface area contributed by atoms with Crippen molar-refractivity contribution in [1.82, 2.24) is 4.72 Å². The van der Waals surface area contributed by atoms with Crippen LogP contribution in [0.5, 0.6) is 5.75 Å². The fourth-order valence-electron chi connectivity index (χ4n) is 2.40. The van der Waals surface area contributed by atoms with Crippen molar-refractivity contribution < 1.29 is 18.4 Å². The molecular weight excluding hydrogens is 329 g/mol. The summed E-state index contributed by atoms with van der Waals surface area (Å²) in [5.41, 5.74) is 0.652. The molecule has 4 nitrogen and oxygen atoms in total. The molecule has 0 radical (unpaired) electrons. The van der Waals surface area contributed by atoms with Gasteiger partial charge in [0.05, 0.1) is 19.3 Å². The van der Waals surface area contributed by atoms with Crippen molar-refractivity contribution >= 4 is 11.4 Å². The maximum atomic E-state index is 13.8. The number of halogens is 1. The van der Waals surface area contributed by atoms with Gasteiger partial charge in [-0.25, -0.2) is 4.39 Å². The summed E-state index contributed by atoms with van der Waals surface area (Å²) >= 11 is -1.29. The SMILES string of the molecule is C=CCC(N[S+]([O-])C(C)(C)C)c1cc(F)ccc1O[C@@H]1CCOC1. The molecule has 1 aromatic rings. The summed E-state index contributed by atoms with van der Waals surface area (Å²) in [4.78, 5) is 0. The summed E-state index contributed by atoms with van der Waals surface area (Å²) in [6.45, 7) is 10.6. The van der Waals surface area contributed by atoms with Crippen LogP contribution in [0.25, 0.3) is 0 Å². The van der Waals surface area contributed by atoms with Crippen LogP contribution in [0.3, 0.4) is 0 Å². The van der Waals surface area contributed by atoms with E-state index in [2.05, 4.69) is 11.3 Å². The summed E-state index contributed by atoms with van der Waals surface area (Å²) in [6, 6.07) is 4.10. The highest BCUT2D eigenvalue weighted by atomic mass is 32.2. The molecule has 1 aliphatic heterocycles. The van der Waals surface area contributed by atoms with Crippen LogP contribution in [0, 0.1) is 5.82 Å². The topological polar surface area (TPSA) is 53.5 Å². The Morgan fingerprint density at radius 1 is 1.54 bits per heavy atom. The van der Waals surface area contributed by atoms with Crippen LogP contribution in [0.15, 0.2) is 30.9 Å². The lowest BCUT2D eigenvalue weighted by molar-refractivity contribution is 0.140. The third kappa shape index (κ3) is 5.21. The standard InChI is InChI=1S/C18H26FNO3S/c1-5-6-16(20-24(21)18(2,3)4)15-11-13(19)7-8-17(15)23-14-9-10-22-12-14/h5,7-8,11,14,16,20H,1,6,9-10,12H2,2-4H3/t14-,16?,24?/m1/s1. The first-order chi connectivity index (χ1) is 11.3. The van der Waals surface area contributed by atoms with Crippen LogP contribution < -0.4 is 9.46 Å². The molecule has 3 atom stereocenters. The highest BCUT2D eigenvalue weighted by Crippen LogP contribution is 2.32. The highest BCUT2D eigenvalue weighted by Gasteiger charge is 2.31. The predicted molar refractivity (Wildman–Crippen MR) is 94.8 cm³/mol. The number of hydrogen-bond acceptors (Lipinski definition) is 4. The Balaban J connectivity index is 2.26. The lowest BCUT2D eigenvalue weighted by Crippen LogP contribution is -2.41. The first kappa shape index (κ1) is 19.2. The first-order valence-electron chi connectivity index (χ1n) is 8.14. The van der Waals surface area contributed by atoms with Crippen LogP contribution >= 0.6 is 0 Å². The van der Waals surface area contributed by atoms with E-state index < -0.39 is 16.1 Å². The van der Waals surface area contributed by atoms with Crippen LogP contribution in [-0.4, -0.2) is 28.6 Å². The molecule has 1 aromatic carbocycles. The molecule has 0 spiro atoms. The fourth-order valence-corrected chi connectivity index (χ4v) is 3.23. The largest absolute Gasteiger partial charge is 0.598 e. The lowest BCUT2D eigenvalue weighted by Gasteiger charge is -2.29. The molecular formula is C18H26FNO3S. The third-order valence-corrected chi connectivity index (χ3v) is 5.35. The molecule has 1 heterocycles. The molecule has 0 amide bonds. The summed E-state index contributed by atoms with van der Waals surface area (Å²) in [5.74, 6) is 0.245. The molecule has 1 fully saturated rings. The summed E-state index contributed by atoms with van der Waals surface area (Å²) < 4.78 is 40.3. The first-order valence-corrected chi connectivity index (χ1v) is 9.29. The monoisotopic (exact) mass is 355 g/mol. The van der Waals surface area contributed by atoms with E-state index >= 15 is 0 Å². The number of benzene rings is 1. The molecule has 2 rings (SSSR count). The maximum absolute atomic E-state index is 13.8. The second kappa shape index (κ2) is 8.34. The van der Waals surface area contributed by atoms with Gasteiger partial charge in [-0.15, -0.1) is 11.3 Å². The summed E-state index contributed by atoms with van der Waals surface area (Å²) in [7, 11) is 0. The molecule has 0 saturated carbocycles. The molecule has 6 heteroatoms. The van der Waals surface area contributed by atoms with E-state index in [4.69, 9.17) is 9.47 Å². The number of rotatable bonds is 7. The van der Waals surface area contributed by atoms with Gasteiger partial charge in [-0.3, -0.25) is 0 Å². The van der Waals surface area contributed by atoms with Gasteiger partial charge in [0.1, 0.15) is 22.4 Å². The van der Waals surface area contributed by atoms with Crippen LogP contribution in [0.1, 0.15) is 45.2 Å². The van der Waals surface area contributed by atoms with Gasteiger partial charge in [0.25, 0.3) is 0 Å². The van der Waals surface area contributed by atoms with Gasteiger partial charge in [-0.1, -0.05) is 6.08 Å². The van der Waals surface area contributed by atoms with Crippen molar-refractivity contribution in [3.05, 3.63) is 42.2 Å². The maximum Gasteiger partial charge on any atom is 0.136 e. The van der Waals surface area contributed by atoms with E-state index in [0.29, 0.717) is 30.9 Å². The van der Waals surface area contributed by atoms with Crippen LogP contribution in [0.4, 0.5) is 4.39 Å². The zero-order valence-corrected chi connectivity index (χ0v) is 15.3. The Bertz CT molecular complexity index is 556. The Morgan fingerprint density at radius 3 is 2.88 bits per heavy atom. The van der Waals surface area contributed by atoms with Gasteiger partial charge in [-0.05, 0) is 45.4 Å². The average Bonchev–Trinajstić information content (AvgIpc) is 3.00. The van der Waals surface area contributed by atoms with Gasteiger partial charge >= 0.3 is 0 Å². The minimum Gasteiger partial charge on any atom is -0.598 e. The average molecular weight is 355 g/mol. The molecule has 1 saturated heterocycles. The molecule has 0 aromatic heterocycles. The van der Waals surface area contributed by atoms with E-state index in [0.717, 1.165) is 6.42 Å². The third-order valence-electron chi connectivity index (χ3n) is 3.74. The van der Waals surface area contributed by atoms with E-state index in [1.165, 1.54) is 12.1 Å². The Labute approximate surface area is 146 Å². The molecule has 0 bridgehead atoms. The van der Waals surface area contributed by atoms with Gasteiger partial charge in [0, 0.05) is 23.3 Å². The van der Waals surface area contributed by atoms with E-state index in [1.807, 2.05) is 20.8 Å². The molecule has 134 valence electrons. The van der Waals surface area contributed by atoms with Crippen LogP contribution in [0.2, 0.25) is 0 Å². The minimum absolute atomic E-state index is 0.0355. The van der Waals surface area contributed by atoms with Gasteiger partial charge in [0.15, 0.2) is 0 Å². The number of ether oxygens (including phenoxy) is 2. The fraction of sp³-hybridized carbons (Fsp3) is 0.556. The zero-order chi connectivity index (χ0) is 17.7. The van der Waals surface area contributed by atoms with E-state index in [-0.39, 0.29) is 18.0 Å². The van der Waals surface area contributed by atoms with Crippen molar-refractivity contribution in [3.63, 3.8) is 0 Å². The highest BCUT2D eigenvalue weighted by molar-refractivity contribution is 7.90. The number of hydrogen-bond donors (Lipinski definition) is 1.